The quantitative estimate of drug-likeness (QED) is 0.616. The van der Waals surface area contributed by atoms with Crippen molar-refractivity contribution in [1.29, 1.82) is 0 Å². The molecule has 0 aliphatic carbocycles. The van der Waals surface area contributed by atoms with Gasteiger partial charge < -0.3 is 10.6 Å². The van der Waals surface area contributed by atoms with Gasteiger partial charge in [-0.05, 0) is 25.8 Å². The van der Waals surface area contributed by atoms with Gasteiger partial charge in [-0.25, -0.2) is 8.42 Å². The van der Waals surface area contributed by atoms with E-state index < -0.39 is 9.84 Å². The molecule has 88 valence electrons. The molecular weight excluding hydrogens is 216 g/mol. The first kappa shape index (κ1) is 12.4. The van der Waals surface area contributed by atoms with Crippen LogP contribution in [0.4, 0.5) is 0 Å². The van der Waals surface area contributed by atoms with Crippen molar-refractivity contribution in [2.24, 2.45) is 0 Å². The third kappa shape index (κ3) is 5.13. The third-order valence-corrected chi connectivity index (χ3v) is 3.40. The molecule has 0 saturated carbocycles. The van der Waals surface area contributed by atoms with Gasteiger partial charge in [-0.15, -0.1) is 0 Å². The SMILES string of the molecule is CS(=O)(=O)CCCNC(=O)[C@@H]1CCCN1. The van der Waals surface area contributed by atoms with E-state index in [0.29, 0.717) is 13.0 Å². The second kappa shape index (κ2) is 5.46. The van der Waals surface area contributed by atoms with E-state index in [9.17, 15) is 13.2 Å². The minimum Gasteiger partial charge on any atom is -0.355 e. The molecular formula is C9H18N2O3S. The lowest BCUT2D eigenvalue weighted by Gasteiger charge is -2.10. The molecule has 0 radical (unpaired) electrons. The van der Waals surface area contributed by atoms with Crippen LogP contribution in [0.5, 0.6) is 0 Å². The first-order chi connectivity index (χ1) is 6.99. The highest BCUT2D eigenvalue weighted by Gasteiger charge is 2.21. The zero-order valence-electron chi connectivity index (χ0n) is 8.95. The minimum absolute atomic E-state index is 0.0130. The highest BCUT2D eigenvalue weighted by molar-refractivity contribution is 7.90. The second-order valence-corrected chi connectivity index (χ2v) is 6.18. The maximum atomic E-state index is 11.4. The summed E-state index contributed by atoms with van der Waals surface area (Å²) in [5.41, 5.74) is 0. The number of rotatable bonds is 5. The average Bonchev–Trinajstić information content (AvgIpc) is 2.63. The molecule has 2 N–H and O–H groups in total. The van der Waals surface area contributed by atoms with Crippen molar-refractivity contribution in [3.63, 3.8) is 0 Å². The lowest BCUT2D eigenvalue weighted by Crippen LogP contribution is -2.41. The summed E-state index contributed by atoms with van der Waals surface area (Å²) in [5.74, 6) is 0.117. The van der Waals surface area contributed by atoms with Crippen molar-refractivity contribution in [3.05, 3.63) is 0 Å². The Labute approximate surface area is 90.5 Å². The highest BCUT2D eigenvalue weighted by atomic mass is 32.2. The maximum absolute atomic E-state index is 11.4. The maximum Gasteiger partial charge on any atom is 0.237 e. The molecule has 1 aliphatic rings. The molecule has 1 rings (SSSR count). The van der Waals surface area contributed by atoms with Gasteiger partial charge in [0.2, 0.25) is 5.91 Å². The summed E-state index contributed by atoms with van der Waals surface area (Å²) < 4.78 is 21.6. The fourth-order valence-electron chi connectivity index (χ4n) is 1.58. The Hall–Kier alpha value is -0.620. The third-order valence-electron chi connectivity index (χ3n) is 2.37. The van der Waals surface area contributed by atoms with E-state index in [1.165, 1.54) is 6.26 Å². The van der Waals surface area contributed by atoms with Crippen LogP contribution in [0, 0.1) is 0 Å². The van der Waals surface area contributed by atoms with Gasteiger partial charge >= 0.3 is 0 Å². The van der Waals surface area contributed by atoms with E-state index >= 15 is 0 Å². The van der Waals surface area contributed by atoms with Crippen molar-refractivity contribution in [2.45, 2.75) is 25.3 Å². The van der Waals surface area contributed by atoms with Gasteiger partial charge in [0.1, 0.15) is 9.84 Å². The Balaban J connectivity index is 2.12. The number of carbonyl (C=O) groups is 1. The fourth-order valence-corrected chi connectivity index (χ4v) is 2.25. The van der Waals surface area contributed by atoms with Crippen LogP contribution in [0.15, 0.2) is 0 Å². The first-order valence-electron chi connectivity index (χ1n) is 5.18. The molecule has 6 heteroatoms. The second-order valence-electron chi connectivity index (χ2n) is 3.92. The van der Waals surface area contributed by atoms with Gasteiger partial charge in [0.15, 0.2) is 0 Å². The van der Waals surface area contributed by atoms with Crippen LogP contribution in [0.25, 0.3) is 0 Å². The number of nitrogens with one attached hydrogen (secondary N) is 2. The van der Waals surface area contributed by atoms with Crippen LogP contribution in [-0.2, 0) is 14.6 Å². The predicted molar refractivity (Wildman–Crippen MR) is 58.4 cm³/mol. The fraction of sp³-hybridized carbons (Fsp3) is 0.889. The molecule has 0 unspecified atom stereocenters. The number of hydrogen-bond acceptors (Lipinski definition) is 4. The molecule has 0 aromatic heterocycles. The summed E-state index contributed by atoms with van der Waals surface area (Å²) in [4.78, 5) is 11.4. The molecule has 0 aromatic carbocycles. The van der Waals surface area contributed by atoms with Crippen LogP contribution < -0.4 is 10.6 Å². The lowest BCUT2D eigenvalue weighted by atomic mass is 10.2. The van der Waals surface area contributed by atoms with Crippen molar-refractivity contribution in [3.8, 4) is 0 Å². The molecule has 1 aliphatic heterocycles. The minimum atomic E-state index is -2.91. The van der Waals surface area contributed by atoms with Crippen LogP contribution in [0.3, 0.4) is 0 Å². The summed E-state index contributed by atoms with van der Waals surface area (Å²) in [6.07, 6.45) is 3.59. The smallest absolute Gasteiger partial charge is 0.237 e. The van der Waals surface area contributed by atoms with Gasteiger partial charge in [0.05, 0.1) is 11.8 Å². The summed E-state index contributed by atoms with van der Waals surface area (Å²) in [7, 11) is -2.91. The Kier molecular flexibility index (Phi) is 4.53. The Morgan fingerprint density at radius 1 is 1.53 bits per heavy atom. The molecule has 0 bridgehead atoms. The van der Waals surface area contributed by atoms with Crippen LogP contribution in [-0.4, -0.2) is 45.5 Å². The Morgan fingerprint density at radius 3 is 2.80 bits per heavy atom. The summed E-state index contributed by atoms with van der Waals surface area (Å²) in [5, 5.41) is 5.81. The van der Waals surface area contributed by atoms with Crippen molar-refractivity contribution in [2.75, 3.05) is 25.1 Å². The summed E-state index contributed by atoms with van der Waals surface area (Å²) in [6.45, 7) is 1.32. The highest BCUT2D eigenvalue weighted by Crippen LogP contribution is 2.04. The summed E-state index contributed by atoms with van der Waals surface area (Å²) in [6, 6.07) is -0.0803. The van der Waals surface area contributed by atoms with E-state index in [4.69, 9.17) is 0 Å². The lowest BCUT2D eigenvalue weighted by molar-refractivity contribution is -0.122. The van der Waals surface area contributed by atoms with Gasteiger partial charge in [-0.1, -0.05) is 0 Å². The van der Waals surface area contributed by atoms with Crippen LogP contribution in [0.1, 0.15) is 19.3 Å². The van der Waals surface area contributed by atoms with Crippen molar-refractivity contribution in [1.82, 2.24) is 10.6 Å². The van der Waals surface area contributed by atoms with Crippen molar-refractivity contribution < 1.29 is 13.2 Å². The number of sulfone groups is 1. The van der Waals surface area contributed by atoms with E-state index in [1.54, 1.807) is 0 Å². The molecule has 0 aromatic rings. The van der Waals surface area contributed by atoms with Crippen LogP contribution in [0.2, 0.25) is 0 Å². The molecule has 0 spiro atoms. The zero-order chi connectivity index (χ0) is 11.3. The number of carbonyl (C=O) groups excluding carboxylic acids is 1. The van der Waals surface area contributed by atoms with E-state index in [-0.39, 0.29) is 17.7 Å². The van der Waals surface area contributed by atoms with E-state index in [1.807, 2.05) is 0 Å². The Bertz CT molecular complexity index is 307. The monoisotopic (exact) mass is 234 g/mol. The zero-order valence-corrected chi connectivity index (χ0v) is 9.77. The van der Waals surface area contributed by atoms with E-state index in [0.717, 1.165) is 19.4 Å². The first-order valence-corrected chi connectivity index (χ1v) is 7.24. The molecule has 1 saturated heterocycles. The average molecular weight is 234 g/mol. The largest absolute Gasteiger partial charge is 0.355 e. The molecule has 1 amide bonds. The summed E-state index contributed by atoms with van der Waals surface area (Å²) >= 11 is 0. The van der Waals surface area contributed by atoms with Gasteiger partial charge in [-0.3, -0.25) is 4.79 Å². The Morgan fingerprint density at radius 2 is 2.27 bits per heavy atom. The predicted octanol–water partition coefficient (Wildman–Crippen LogP) is -0.711. The van der Waals surface area contributed by atoms with E-state index in [2.05, 4.69) is 10.6 Å². The molecule has 1 heterocycles. The number of amides is 1. The van der Waals surface area contributed by atoms with Gasteiger partial charge in [0, 0.05) is 12.8 Å². The molecule has 15 heavy (non-hydrogen) atoms. The number of hydrogen-bond donors (Lipinski definition) is 2. The standard InChI is InChI=1S/C9H18N2O3S/c1-15(13,14)7-3-6-11-9(12)8-4-2-5-10-8/h8,10H,2-7H2,1H3,(H,11,12)/t8-/m0/s1. The molecule has 1 fully saturated rings. The normalized spacial score (nSPS) is 21.5. The van der Waals surface area contributed by atoms with Crippen molar-refractivity contribution >= 4 is 15.7 Å². The molecule has 5 nitrogen and oxygen atoms in total. The molecule has 1 atom stereocenters. The topological polar surface area (TPSA) is 75.3 Å². The van der Waals surface area contributed by atoms with Crippen LogP contribution >= 0.6 is 0 Å². The van der Waals surface area contributed by atoms with Gasteiger partial charge in [0.25, 0.3) is 0 Å². The van der Waals surface area contributed by atoms with Gasteiger partial charge in [-0.2, -0.15) is 0 Å².